The average molecular weight is 311 g/mol. The predicted octanol–water partition coefficient (Wildman–Crippen LogP) is 1.52. The second-order valence-corrected chi connectivity index (χ2v) is 6.50. The van der Waals surface area contributed by atoms with Crippen LogP contribution in [0.25, 0.3) is 0 Å². The van der Waals surface area contributed by atoms with Crippen molar-refractivity contribution in [2.75, 3.05) is 45.7 Å². The van der Waals surface area contributed by atoms with Gasteiger partial charge in [0, 0.05) is 27.1 Å². The van der Waals surface area contributed by atoms with E-state index in [4.69, 9.17) is 4.74 Å². The summed E-state index contributed by atoms with van der Waals surface area (Å²) in [7, 11) is 5.36. The van der Waals surface area contributed by atoms with Crippen molar-refractivity contribution in [3.63, 3.8) is 0 Å². The van der Waals surface area contributed by atoms with Crippen molar-refractivity contribution >= 4 is 28.2 Å². The molecule has 0 radical (unpaired) electrons. The van der Waals surface area contributed by atoms with Crippen molar-refractivity contribution in [2.24, 2.45) is 5.92 Å². The third kappa shape index (κ3) is 3.59. The van der Waals surface area contributed by atoms with E-state index in [1.54, 1.807) is 0 Å². The number of rotatable bonds is 5. The minimum atomic E-state index is -0.559. The third-order valence-corrected chi connectivity index (χ3v) is 4.93. The molecule has 21 heavy (non-hydrogen) atoms. The number of hydrogen-bond acceptors (Lipinski definition) is 7. The maximum absolute atomic E-state index is 11.7. The Morgan fingerprint density at radius 3 is 2.76 bits per heavy atom. The van der Waals surface area contributed by atoms with E-state index in [1.165, 1.54) is 25.4 Å². The molecule has 0 N–H and O–H groups in total. The first-order valence-electron chi connectivity index (χ1n) is 6.92. The highest BCUT2D eigenvalue weighted by molar-refractivity contribution is 7.17. The molecule has 0 aromatic carbocycles. The monoisotopic (exact) mass is 311 g/mol. The van der Waals surface area contributed by atoms with Gasteiger partial charge < -0.3 is 14.5 Å². The molecule has 0 amide bonds. The fourth-order valence-electron chi connectivity index (χ4n) is 2.59. The molecule has 1 aliphatic rings. The molecule has 2 rings (SSSR count). The average Bonchev–Trinajstić information content (AvgIpc) is 3.04. The Morgan fingerprint density at radius 1 is 1.52 bits per heavy atom. The zero-order chi connectivity index (χ0) is 15.6. The molecule has 2 heterocycles. The smallest absolute Gasteiger partial charge is 0.358 e. The van der Waals surface area contributed by atoms with Gasteiger partial charge in [-0.15, -0.1) is 0 Å². The summed E-state index contributed by atoms with van der Waals surface area (Å²) in [6.07, 6.45) is 1.16. The normalized spacial score (nSPS) is 18.8. The number of ether oxygens (including phenoxy) is 1. The Morgan fingerprint density at radius 2 is 2.24 bits per heavy atom. The lowest BCUT2D eigenvalue weighted by Gasteiger charge is -2.20. The fourth-order valence-corrected chi connectivity index (χ4v) is 3.51. The van der Waals surface area contributed by atoms with Gasteiger partial charge in [-0.2, -0.15) is 0 Å². The molecular weight excluding hydrogens is 290 g/mol. The van der Waals surface area contributed by atoms with Gasteiger partial charge in [-0.05, 0) is 25.9 Å². The summed E-state index contributed by atoms with van der Waals surface area (Å²) in [4.78, 5) is 32.3. The maximum Gasteiger partial charge on any atom is 0.358 e. The predicted molar refractivity (Wildman–Crippen MR) is 82.3 cm³/mol. The quantitative estimate of drug-likeness (QED) is 0.607. The van der Waals surface area contributed by atoms with Gasteiger partial charge in [0.1, 0.15) is 4.88 Å². The summed E-state index contributed by atoms with van der Waals surface area (Å²) in [5.74, 6) is -0.129. The van der Waals surface area contributed by atoms with Crippen LogP contribution in [0.3, 0.4) is 0 Å². The summed E-state index contributed by atoms with van der Waals surface area (Å²) >= 11 is 1.25. The van der Waals surface area contributed by atoms with Crippen LogP contribution < -0.4 is 4.90 Å². The molecule has 0 bridgehead atoms. The Hall–Kier alpha value is -1.47. The van der Waals surface area contributed by atoms with Gasteiger partial charge in [0.2, 0.25) is 0 Å². The minimum Gasteiger partial charge on any atom is -0.464 e. The van der Waals surface area contributed by atoms with Gasteiger partial charge >= 0.3 is 5.97 Å². The van der Waals surface area contributed by atoms with Crippen LogP contribution in [0, 0.1) is 5.92 Å². The molecule has 1 atom stereocenters. The Bertz CT molecular complexity index is 544. The van der Waals surface area contributed by atoms with Crippen molar-refractivity contribution in [1.29, 1.82) is 0 Å². The van der Waals surface area contributed by atoms with Gasteiger partial charge in [-0.3, -0.25) is 4.79 Å². The second-order valence-electron chi connectivity index (χ2n) is 5.52. The van der Waals surface area contributed by atoms with Crippen LogP contribution >= 0.6 is 11.3 Å². The molecule has 1 aliphatic heterocycles. The molecule has 6 nitrogen and oxygen atoms in total. The van der Waals surface area contributed by atoms with E-state index >= 15 is 0 Å². The Kier molecular flexibility index (Phi) is 4.95. The summed E-state index contributed by atoms with van der Waals surface area (Å²) < 4.78 is 4.70. The van der Waals surface area contributed by atoms with Crippen LogP contribution in [0.4, 0.5) is 5.13 Å². The number of likely N-dealkylation sites (tertiary alicyclic amines) is 1. The number of carbonyl (C=O) groups excluding carboxylic acids is 2. The van der Waals surface area contributed by atoms with E-state index in [2.05, 4.69) is 16.9 Å². The standard InChI is InChI=1S/C14H21N3O3S/c1-9(18)12-11(13(19)20-4)15-14(21-12)17(3)8-10-5-6-16(2)7-10/h10H,5-8H2,1-4H3. The number of carbonyl (C=O) groups is 2. The molecule has 1 fully saturated rings. The van der Waals surface area contributed by atoms with Gasteiger partial charge in [0.25, 0.3) is 0 Å². The Balaban J connectivity index is 2.15. The molecule has 1 unspecified atom stereocenters. The lowest BCUT2D eigenvalue weighted by atomic mass is 10.1. The van der Waals surface area contributed by atoms with E-state index in [0.717, 1.165) is 26.1 Å². The van der Waals surface area contributed by atoms with Gasteiger partial charge in [-0.25, -0.2) is 9.78 Å². The van der Waals surface area contributed by atoms with E-state index in [9.17, 15) is 9.59 Å². The van der Waals surface area contributed by atoms with Crippen molar-refractivity contribution in [3.05, 3.63) is 10.6 Å². The van der Waals surface area contributed by atoms with E-state index in [0.29, 0.717) is 15.9 Å². The molecule has 116 valence electrons. The number of nitrogens with zero attached hydrogens (tertiary/aromatic N) is 3. The first-order valence-corrected chi connectivity index (χ1v) is 7.73. The highest BCUT2D eigenvalue weighted by Gasteiger charge is 2.26. The lowest BCUT2D eigenvalue weighted by Crippen LogP contribution is -2.27. The van der Waals surface area contributed by atoms with Gasteiger partial charge in [0.15, 0.2) is 16.6 Å². The topological polar surface area (TPSA) is 62.7 Å². The zero-order valence-corrected chi connectivity index (χ0v) is 13.7. The van der Waals surface area contributed by atoms with Crippen LogP contribution in [0.5, 0.6) is 0 Å². The van der Waals surface area contributed by atoms with E-state index in [1.807, 2.05) is 11.9 Å². The van der Waals surface area contributed by atoms with Gasteiger partial charge in [-0.1, -0.05) is 11.3 Å². The molecule has 1 aromatic heterocycles. The number of thiazole rings is 1. The van der Waals surface area contributed by atoms with Crippen molar-refractivity contribution in [3.8, 4) is 0 Å². The van der Waals surface area contributed by atoms with Crippen LogP contribution in [-0.4, -0.2) is 62.5 Å². The number of esters is 1. The second kappa shape index (κ2) is 6.53. The van der Waals surface area contributed by atoms with Crippen LogP contribution in [0.2, 0.25) is 0 Å². The van der Waals surface area contributed by atoms with E-state index < -0.39 is 5.97 Å². The number of Topliss-reactive ketones (excluding diaryl/α,β-unsaturated/α-hetero) is 1. The summed E-state index contributed by atoms with van der Waals surface area (Å²) in [6.45, 7) is 4.49. The van der Waals surface area contributed by atoms with Crippen molar-refractivity contribution < 1.29 is 14.3 Å². The van der Waals surface area contributed by atoms with Crippen LogP contribution in [-0.2, 0) is 4.74 Å². The zero-order valence-electron chi connectivity index (χ0n) is 12.9. The van der Waals surface area contributed by atoms with Gasteiger partial charge in [0.05, 0.1) is 7.11 Å². The third-order valence-electron chi connectivity index (χ3n) is 3.66. The first-order chi connectivity index (χ1) is 9.92. The summed E-state index contributed by atoms with van der Waals surface area (Å²) in [6, 6.07) is 0. The minimum absolute atomic E-state index is 0.125. The largest absolute Gasteiger partial charge is 0.464 e. The maximum atomic E-state index is 11.7. The molecule has 0 aliphatic carbocycles. The number of ketones is 1. The Labute approximate surface area is 128 Å². The molecule has 0 saturated carbocycles. The summed E-state index contributed by atoms with van der Waals surface area (Å²) in [5.41, 5.74) is 0.125. The molecule has 1 aromatic rings. The highest BCUT2D eigenvalue weighted by Crippen LogP contribution is 2.28. The SMILES string of the molecule is COC(=O)c1nc(N(C)CC2CCN(C)C2)sc1C(C)=O. The van der Waals surface area contributed by atoms with Crippen molar-refractivity contribution in [2.45, 2.75) is 13.3 Å². The van der Waals surface area contributed by atoms with E-state index in [-0.39, 0.29) is 11.5 Å². The van der Waals surface area contributed by atoms with Crippen LogP contribution in [0.1, 0.15) is 33.5 Å². The first kappa shape index (κ1) is 15.9. The number of methoxy groups -OCH3 is 1. The summed E-state index contributed by atoms with van der Waals surface area (Å²) in [5, 5.41) is 0.690. The number of anilines is 1. The molecular formula is C14H21N3O3S. The van der Waals surface area contributed by atoms with Crippen molar-refractivity contribution in [1.82, 2.24) is 9.88 Å². The lowest BCUT2D eigenvalue weighted by molar-refractivity contribution is 0.0591. The van der Waals surface area contributed by atoms with Crippen LogP contribution in [0.15, 0.2) is 0 Å². The number of aromatic nitrogens is 1. The highest BCUT2D eigenvalue weighted by atomic mass is 32.1. The fraction of sp³-hybridized carbons (Fsp3) is 0.643. The number of hydrogen-bond donors (Lipinski definition) is 0. The molecule has 0 spiro atoms. The molecule has 1 saturated heterocycles. The molecule has 7 heteroatoms.